The van der Waals surface area contributed by atoms with Gasteiger partial charge in [0.1, 0.15) is 6.79 Å². The minimum absolute atomic E-state index is 0. The van der Waals surface area contributed by atoms with E-state index in [1.54, 1.807) is 14.2 Å². The molecule has 0 saturated carbocycles. The Morgan fingerprint density at radius 3 is 1.50 bits per heavy atom. The molecule has 0 spiro atoms. The molecule has 0 aliphatic rings. The standard InChI is InChI=1S/C3H8O2.Pd/c1-4-3-5-2;/h3H2,1-2H3;. The van der Waals surface area contributed by atoms with Gasteiger partial charge in [-0.05, 0) is 0 Å². The van der Waals surface area contributed by atoms with Crippen LogP contribution in [0.15, 0.2) is 0 Å². The molecule has 0 fully saturated rings. The summed E-state index contributed by atoms with van der Waals surface area (Å²) in [7, 11) is 3.17. The largest absolute Gasteiger partial charge is 0.359 e. The summed E-state index contributed by atoms with van der Waals surface area (Å²) in [5, 5.41) is 0. The van der Waals surface area contributed by atoms with Gasteiger partial charge in [-0.1, -0.05) is 0 Å². The van der Waals surface area contributed by atoms with Crippen LogP contribution in [0.3, 0.4) is 0 Å². The minimum atomic E-state index is 0. The molecule has 0 rings (SSSR count). The van der Waals surface area contributed by atoms with Gasteiger partial charge in [-0.2, -0.15) is 0 Å². The first-order valence-electron chi connectivity index (χ1n) is 1.39. The van der Waals surface area contributed by atoms with Crippen LogP contribution < -0.4 is 0 Å². The van der Waals surface area contributed by atoms with Gasteiger partial charge in [-0.3, -0.25) is 0 Å². The van der Waals surface area contributed by atoms with Crippen LogP contribution in [-0.2, 0) is 29.9 Å². The van der Waals surface area contributed by atoms with Crippen molar-refractivity contribution in [3.63, 3.8) is 0 Å². The maximum absolute atomic E-state index is 4.47. The Bertz CT molecular complexity index is 16.3. The second-order valence-electron chi connectivity index (χ2n) is 0.695. The molecule has 0 saturated heterocycles. The van der Waals surface area contributed by atoms with Crippen molar-refractivity contribution in [1.82, 2.24) is 0 Å². The van der Waals surface area contributed by atoms with Gasteiger partial charge in [0.15, 0.2) is 0 Å². The summed E-state index contributed by atoms with van der Waals surface area (Å²) >= 11 is 0. The molecular weight excluding hydrogens is 174 g/mol. The molecular formula is C3H8O2Pd. The third-order valence-electron chi connectivity index (χ3n) is 0.236. The summed E-state index contributed by atoms with van der Waals surface area (Å²) in [6.45, 7) is 0.389. The molecule has 0 heterocycles. The number of ether oxygens (including phenoxy) is 2. The molecule has 0 radical (unpaired) electrons. The van der Waals surface area contributed by atoms with Crippen molar-refractivity contribution >= 4 is 0 Å². The second-order valence-corrected chi connectivity index (χ2v) is 0.695. The molecule has 0 aromatic heterocycles. The van der Waals surface area contributed by atoms with Crippen molar-refractivity contribution in [2.45, 2.75) is 0 Å². The van der Waals surface area contributed by atoms with E-state index in [2.05, 4.69) is 9.47 Å². The third-order valence-corrected chi connectivity index (χ3v) is 0.236. The quantitative estimate of drug-likeness (QED) is 0.450. The van der Waals surface area contributed by atoms with Gasteiger partial charge < -0.3 is 9.47 Å². The molecule has 6 heavy (non-hydrogen) atoms. The van der Waals surface area contributed by atoms with Crippen molar-refractivity contribution in [2.75, 3.05) is 21.0 Å². The van der Waals surface area contributed by atoms with Crippen LogP contribution >= 0.6 is 0 Å². The van der Waals surface area contributed by atoms with E-state index in [0.29, 0.717) is 6.79 Å². The van der Waals surface area contributed by atoms with Crippen LogP contribution in [0.2, 0.25) is 0 Å². The maximum atomic E-state index is 4.47. The van der Waals surface area contributed by atoms with Crippen LogP contribution in [-0.4, -0.2) is 21.0 Å². The van der Waals surface area contributed by atoms with Gasteiger partial charge >= 0.3 is 0 Å². The predicted molar refractivity (Wildman–Crippen MR) is 18.9 cm³/mol. The van der Waals surface area contributed by atoms with E-state index in [1.165, 1.54) is 0 Å². The van der Waals surface area contributed by atoms with E-state index in [9.17, 15) is 0 Å². The van der Waals surface area contributed by atoms with Crippen LogP contribution in [0, 0.1) is 0 Å². The maximum Gasteiger partial charge on any atom is 0.145 e. The smallest absolute Gasteiger partial charge is 0.145 e. The summed E-state index contributed by atoms with van der Waals surface area (Å²) in [6, 6.07) is 0. The van der Waals surface area contributed by atoms with Crippen LogP contribution in [0.1, 0.15) is 0 Å². The average Bonchev–Trinajstić information content (AvgIpc) is 1.41. The first kappa shape index (κ1) is 9.77. The molecule has 3 heteroatoms. The molecule has 0 aliphatic heterocycles. The van der Waals surface area contributed by atoms with E-state index in [4.69, 9.17) is 0 Å². The van der Waals surface area contributed by atoms with Crippen LogP contribution in [0.25, 0.3) is 0 Å². The zero-order valence-corrected chi connectivity index (χ0v) is 5.39. The summed E-state index contributed by atoms with van der Waals surface area (Å²) in [5.41, 5.74) is 0. The van der Waals surface area contributed by atoms with Crippen molar-refractivity contribution in [1.29, 1.82) is 0 Å². The average molecular weight is 183 g/mol. The number of rotatable bonds is 2. The van der Waals surface area contributed by atoms with Gasteiger partial charge in [0, 0.05) is 34.6 Å². The Morgan fingerprint density at radius 1 is 1.17 bits per heavy atom. The molecule has 0 aromatic carbocycles. The molecule has 0 N–H and O–H groups in total. The van der Waals surface area contributed by atoms with E-state index in [-0.39, 0.29) is 20.4 Å². The van der Waals surface area contributed by atoms with Crippen molar-refractivity contribution in [3.8, 4) is 0 Å². The van der Waals surface area contributed by atoms with E-state index in [0.717, 1.165) is 0 Å². The van der Waals surface area contributed by atoms with Crippen LogP contribution in [0.4, 0.5) is 0 Å². The molecule has 0 unspecified atom stereocenters. The van der Waals surface area contributed by atoms with E-state index < -0.39 is 0 Å². The fourth-order valence-electron chi connectivity index (χ4n) is 0.118. The predicted octanol–water partition coefficient (Wildman–Crippen LogP) is 0.234. The van der Waals surface area contributed by atoms with Gasteiger partial charge in [0.25, 0.3) is 0 Å². The van der Waals surface area contributed by atoms with Crippen molar-refractivity contribution in [3.05, 3.63) is 0 Å². The van der Waals surface area contributed by atoms with Gasteiger partial charge in [0.05, 0.1) is 0 Å². The summed E-state index contributed by atoms with van der Waals surface area (Å²) in [5.74, 6) is 0. The SMILES string of the molecule is COCOC.[Pd]. The number of hydrogen-bond donors (Lipinski definition) is 0. The van der Waals surface area contributed by atoms with Crippen molar-refractivity contribution < 1.29 is 29.9 Å². The van der Waals surface area contributed by atoms with Crippen molar-refractivity contribution in [2.24, 2.45) is 0 Å². The number of hydrogen-bond acceptors (Lipinski definition) is 2. The van der Waals surface area contributed by atoms with E-state index >= 15 is 0 Å². The number of methoxy groups -OCH3 is 2. The molecule has 0 aromatic rings. The normalized spacial score (nSPS) is 7.00. The zero-order valence-electron chi connectivity index (χ0n) is 3.84. The molecule has 0 aliphatic carbocycles. The Balaban J connectivity index is 0. The summed E-state index contributed by atoms with van der Waals surface area (Å²) < 4.78 is 8.94. The van der Waals surface area contributed by atoms with Crippen LogP contribution in [0.5, 0.6) is 0 Å². The van der Waals surface area contributed by atoms with Gasteiger partial charge in [-0.25, -0.2) is 0 Å². The summed E-state index contributed by atoms with van der Waals surface area (Å²) in [4.78, 5) is 0. The zero-order chi connectivity index (χ0) is 4.12. The molecule has 42 valence electrons. The molecule has 0 atom stereocenters. The minimum Gasteiger partial charge on any atom is -0.359 e. The van der Waals surface area contributed by atoms with Gasteiger partial charge in [0.2, 0.25) is 0 Å². The first-order valence-corrected chi connectivity index (χ1v) is 1.39. The Labute approximate surface area is 51.5 Å². The topological polar surface area (TPSA) is 18.5 Å². The first-order chi connectivity index (χ1) is 2.41. The Hall–Kier alpha value is 0.582. The molecule has 0 amide bonds. The fourth-order valence-corrected chi connectivity index (χ4v) is 0.118. The molecule has 2 nitrogen and oxygen atoms in total. The Kier molecular flexibility index (Phi) is 14.9. The fraction of sp³-hybridized carbons (Fsp3) is 1.00. The van der Waals surface area contributed by atoms with Gasteiger partial charge in [-0.15, -0.1) is 0 Å². The third kappa shape index (κ3) is 8.82. The van der Waals surface area contributed by atoms with E-state index in [1.807, 2.05) is 0 Å². The Morgan fingerprint density at radius 2 is 1.50 bits per heavy atom. The second kappa shape index (κ2) is 9.13. The summed E-state index contributed by atoms with van der Waals surface area (Å²) in [6.07, 6.45) is 0. The monoisotopic (exact) mass is 182 g/mol. The molecule has 0 bridgehead atoms.